The molecule has 2 fully saturated rings. The summed E-state index contributed by atoms with van der Waals surface area (Å²) in [5.41, 5.74) is 3.62. The fraction of sp³-hybridized carbons (Fsp3) is 0.511. The van der Waals surface area contributed by atoms with Crippen LogP contribution in [0.1, 0.15) is 58.6 Å². The number of aliphatic carboxylic acids is 1. The number of benzene rings is 2. The van der Waals surface area contributed by atoms with E-state index in [1.165, 1.54) is 0 Å². The number of esters is 6. The summed E-state index contributed by atoms with van der Waals surface area (Å²) in [7, 11) is 0. The summed E-state index contributed by atoms with van der Waals surface area (Å²) in [5, 5.41) is 18.2. The van der Waals surface area contributed by atoms with Crippen LogP contribution in [0.4, 0.5) is 4.79 Å². The molecule has 4 amide bonds. The van der Waals surface area contributed by atoms with Crippen LogP contribution in [0.25, 0.3) is 11.1 Å². The third-order valence-electron chi connectivity index (χ3n) is 10.9. The van der Waals surface area contributed by atoms with Crippen molar-refractivity contribution in [1.82, 2.24) is 21.3 Å². The Bertz CT molecular complexity index is 2390. The van der Waals surface area contributed by atoms with E-state index < -0.39 is 172 Å². The number of nitrogens with one attached hydrogen (secondary N) is 4. The molecular weight excluding hydrogens is 989 g/mol. The van der Waals surface area contributed by atoms with Gasteiger partial charge in [0.25, 0.3) is 0 Å². The van der Waals surface area contributed by atoms with Gasteiger partial charge in [-0.15, -0.1) is 0 Å². The lowest BCUT2D eigenvalue weighted by Gasteiger charge is -2.40. The quantitative estimate of drug-likeness (QED) is 0.0700. The van der Waals surface area contributed by atoms with E-state index in [1.807, 2.05) is 48.5 Å². The second-order valence-corrected chi connectivity index (χ2v) is 16.6. The molecular formula is C47H56N4O23. The minimum Gasteiger partial charge on any atom is -0.480 e. The zero-order valence-electron chi connectivity index (χ0n) is 40.8. The highest BCUT2D eigenvalue weighted by molar-refractivity contribution is 5.93. The second kappa shape index (κ2) is 26.8. The molecule has 74 heavy (non-hydrogen) atoms. The number of ether oxygens (including phenoxy) is 11. The largest absolute Gasteiger partial charge is 0.480 e. The zero-order valence-corrected chi connectivity index (χ0v) is 40.8. The summed E-state index contributed by atoms with van der Waals surface area (Å²) in [6.07, 6.45) is -13.1. The molecule has 3 aliphatic rings. The first kappa shape index (κ1) is 57.2. The third kappa shape index (κ3) is 16.4. The summed E-state index contributed by atoms with van der Waals surface area (Å²) < 4.78 is 60.3. The van der Waals surface area contributed by atoms with Crippen LogP contribution in [0, 0.1) is 0 Å². The Morgan fingerprint density at radius 3 is 1.35 bits per heavy atom. The van der Waals surface area contributed by atoms with Crippen LogP contribution in [0.3, 0.4) is 0 Å². The molecule has 2 aliphatic heterocycles. The summed E-state index contributed by atoms with van der Waals surface area (Å²) in [6, 6.07) is 11.5. The fourth-order valence-electron chi connectivity index (χ4n) is 8.06. The number of fused-ring (bicyclic) bond motifs is 3. The minimum atomic E-state index is -1.76. The van der Waals surface area contributed by atoms with E-state index in [0.717, 1.165) is 63.8 Å². The number of carbonyl (C=O) groups is 11. The molecule has 0 unspecified atom stereocenters. The number of carboxylic acids is 1. The van der Waals surface area contributed by atoms with Crippen molar-refractivity contribution in [3.63, 3.8) is 0 Å². The molecule has 10 atom stereocenters. The Morgan fingerprint density at radius 2 is 0.932 bits per heavy atom. The van der Waals surface area contributed by atoms with Crippen LogP contribution in [-0.2, 0) is 100 Å². The van der Waals surface area contributed by atoms with Crippen LogP contribution >= 0.6 is 0 Å². The predicted octanol–water partition coefficient (Wildman–Crippen LogP) is -0.968. The van der Waals surface area contributed by atoms with E-state index in [2.05, 4.69) is 21.3 Å². The molecule has 2 aromatic rings. The standard InChI is InChI=1S/C47H56N4O23/c1-22(52)69-35-20-66-45(41(73-26(5)56)39(35)71-24(3)54)64-18-33(43(61)49-16-38(59)60)50-37(58)15-48-44(62)34(19-65-46-42(74-27(6)57)40(72-25(4)55)36(21-67-46)70-23(2)53)51-47(63)68-17-32-30-13-9-7-11-28(30)29-12-8-10-14-31(29)32/h7-14,32-36,39-42,45-46H,15-21H2,1-6H3,(H,48,62)(H,49,61)(H,50,58)(H,51,63)(H,59,60)/t33-,34-,35+,36+,39-,40-,41+,42+,45+,46+/m0/s1. The van der Waals surface area contributed by atoms with E-state index in [0.29, 0.717) is 0 Å². The molecule has 402 valence electrons. The molecule has 2 heterocycles. The van der Waals surface area contributed by atoms with E-state index in [-0.39, 0.29) is 6.61 Å². The molecule has 0 bridgehead atoms. The molecule has 0 aromatic heterocycles. The highest BCUT2D eigenvalue weighted by Gasteiger charge is 2.49. The van der Waals surface area contributed by atoms with Crippen LogP contribution in [0.15, 0.2) is 48.5 Å². The molecule has 0 saturated carbocycles. The van der Waals surface area contributed by atoms with Crippen molar-refractivity contribution in [3.8, 4) is 11.1 Å². The Hall–Kier alpha value is -7.75. The maximum Gasteiger partial charge on any atom is 0.407 e. The van der Waals surface area contributed by atoms with Gasteiger partial charge < -0.3 is 78.5 Å². The first-order valence-electron chi connectivity index (χ1n) is 22.8. The monoisotopic (exact) mass is 1040 g/mol. The Kier molecular flexibility index (Phi) is 20.7. The van der Waals surface area contributed by atoms with Gasteiger partial charge in [0.1, 0.15) is 25.2 Å². The van der Waals surface area contributed by atoms with Crippen molar-refractivity contribution in [1.29, 1.82) is 0 Å². The van der Waals surface area contributed by atoms with Gasteiger partial charge in [-0.2, -0.15) is 0 Å². The van der Waals surface area contributed by atoms with Crippen LogP contribution in [0.5, 0.6) is 0 Å². The van der Waals surface area contributed by atoms with Crippen LogP contribution in [0.2, 0.25) is 0 Å². The highest BCUT2D eigenvalue weighted by atomic mass is 16.7. The highest BCUT2D eigenvalue weighted by Crippen LogP contribution is 2.44. The fourth-order valence-corrected chi connectivity index (χ4v) is 8.06. The number of rotatable bonds is 22. The lowest BCUT2D eigenvalue weighted by molar-refractivity contribution is -0.281. The summed E-state index contributed by atoms with van der Waals surface area (Å²) in [6.45, 7) is 1.62. The van der Waals surface area contributed by atoms with Gasteiger partial charge >= 0.3 is 47.9 Å². The molecule has 5 rings (SSSR count). The van der Waals surface area contributed by atoms with Crippen molar-refractivity contribution in [2.75, 3.05) is 46.1 Å². The van der Waals surface area contributed by atoms with Gasteiger partial charge in [0, 0.05) is 47.5 Å². The van der Waals surface area contributed by atoms with E-state index in [1.54, 1.807) is 0 Å². The average molecular weight is 1040 g/mol. The summed E-state index contributed by atoms with van der Waals surface area (Å²) in [4.78, 5) is 138. The summed E-state index contributed by atoms with van der Waals surface area (Å²) in [5.74, 6) is -10.3. The molecule has 0 radical (unpaired) electrons. The number of amides is 4. The Balaban J connectivity index is 1.33. The smallest absolute Gasteiger partial charge is 0.407 e. The Morgan fingerprint density at radius 1 is 0.541 bits per heavy atom. The number of hydrogen-bond donors (Lipinski definition) is 5. The molecule has 0 spiro atoms. The normalized spacial score (nSPS) is 22.6. The van der Waals surface area contributed by atoms with Gasteiger partial charge in [-0.3, -0.25) is 47.9 Å². The number of carboxylic acid groups (broad SMARTS) is 1. The minimum absolute atomic E-state index is 0.197. The molecule has 27 heteroatoms. The lowest BCUT2D eigenvalue weighted by atomic mass is 9.98. The van der Waals surface area contributed by atoms with Gasteiger partial charge in [-0.25, -0.2) is 4.79 Å². The SMILES string of the molecule is CC(=O)O[C@@H]1[C@@H](OC(C)=O)[C@H](OC[C@H](NC(=O)CNC(=O)[C@H](CO[C@@H]2OC[C@@H](OC(C)=O)[C@H](OC(C)=O)[C@H]2OC(C)=O)NC(=O)OCC2c3ccccc3-c3ccccc32)C(=O)NCC(=O)O)OC[C@H]1OC(C)=O. The summed E-state index contributed by atoms with van der Waals surface area (Å²) >= 11 is 0. The molecule has 2 aromatic carbocycles. The van der Waals surface area contributed by atoms with Gasteiger partial charge in [0.05, 0.1) is 33.0 Å². The van der Waals surface area contributed by atoms with E-state index in [4.69, 9.17) is 52.1 Å². The predicted molar refractivity (Wildman–Crippen MR) is 242 cm³/mol. The van der Waals surface area contributed by atoms with Crippen molar-refractivity contribution in [3.05, 3.63) is 59.7 Å². The molecule has 5 N–H and O–H groups in total. The molecule has 27 nitrogen and oxygen atoms in total. The topological polar surface area (TPSA) is 358 Å². The van der Waals surface area contributed by atoms with Crippen molar-refractivity contribution >= 4 is 65.6 Å². The number of alkyl carbamates (subject to hydrolysis) is 1. The van der Waals surface area contributed by atoms with Gasteiger partial charge in [0.2, 0.25) is 17.7 Å². The lowest BCUT2D eigenvalue weighted by Crippen LogP contribution is -2.60. The zero-order chi connectivity index (χ0) is 54.2. The maximum absolute atomic E-state index is 14.0. The van der Waals surface area contributed by atoms with E-state index in [9.17, 15) is 57.8 Å². The van der Waals surface area contributed by atoms with Gasteiger partial charge in [-0.05, 0) is 22.3 Å². The van der Waals surface area contributed by atoms with Crippen molar-refractivity contribution in [2.24, 2.45) is 0 Å². The van der Waals surface area contributed by atoms with Crippen LogP contribution in [-0.4, -0.2) is 178 Å². The second-order valence-electron chi connectivity index (χ2n) is 16.6. The van der Waals surface area contributed by atoms with Crippen molar-refractivity contribution in [2.45, 2.75) is 109 Å². The average Bonchev–Trinajstić information content (AvgIpc) is 3.64. The number of carbonyl (C=O) groups excluding carboxylic acids is 10. The Labute approximate surface area is 421 Å². The molecule has 1 aliphatic carbocycles. The first-order chi connectivity index (χ1) is 35.1. The van der Waals surface area contributed by atoms with E-state index >= 15 is 0 Å². The van der Waals surface area contributed by atoms with Gasteiger partial charge in [-0.1, -0.05) is 48.5 Å². The van der Waals surface area contributed by atoms with Crippen LogP contribution < -0.4 is 21.3 Å². The third-order valence-corrected chi connectivity index (χ3v) is 10.9. The molecule has 2 saturated heterocycles. The van der Waals surface area contributed by atoms with Crippen molar-refractivity contribution < 1.29 is 110 Å². The van der Waals surface area contributed by atoms with Gasteiger partial charge in [0.15, 0.2) is 49.2 Å². The first-order valence-corrected chi connectivity index (χ1v) is 22.8. The number of hydrogen-bond acceptors (Lipinski definition) is 22. The maximum atomic E-state index is 14.0.